The molecule has 2 aliphatic rings. The molecule has 0 bridgehead atoms. The van der Waals surface area contributed by atoms with Gasteiger partial charge < -0.3 is 9.84 Å². The average molecular weight is 602 g/mol. The molecule has 3 heterocycles. The van der Waals surface area contributed by atoms with E-state index in [0.29, 0.717) is 33.6 Å². The number of hydrogen-bond acceptors (Lipinski definition) is 8. The fraction of sp³-hybridized carbons (Fsp3) is 0.250. The number of aliphatic hydroxyl groups excluding tert-OH is 1. The Morgan fingerprint density at radius 2 is 1.83 bits per heavy atom. The van der Waals surface area contributed by atoms with E-state index in [4.69, 9.17) is 4.74 Å². The lowest BCUT2D eigenvalue weighted by Gasteiger charge is -2.23. The molecule has 1 saturated heterocycles. The minimum atomic E-state index is -0.891. The topological polar surface area (TPSA) is 92.6 Å². The maximum absolute atomic E-state index is 13.6. The Balaban J connectivity index is 1.39. The van der Waals surface area contributed by atoms with E-state index < -0.39 is 17.7 Å². The van der Waals surface area contributed by atoms with Crippen molar-refractivity contribution < 1.29 is 23.8 Å². The molecule has 10 heteroatoms. The van der Waals surface area contributed by atoms with Crippen molar-refractivity contribution >= 4 is 45.7 Å². The minimum absolute atomic E-state index is 0.0000686. The van der Waals surface area contributed by atoms with E-state index in [0.717, 1.165) is 22.4 Å². The second-order valence-electron chi connectivity index (χ2n) is 10.7. The highest BCUT2D eigenvalue weighted by atomic mass is 32.2. The molecule has 3 aromatic carbocycles. The van der Waals surface area contributed by atoms with Gasteiger partial charge in [-0.25, -0.2) is 4.39 Å². The Kier molecular flexibility index (Phi) is 7.59. The molecule has 0 unspecified atom stereocenters. The van der Waals surface area contributed by atoms with Gasteiger partial charge in [0.15, 0.2) is 4.34 Å². The number of nitrogens with zero attached hydrogens (tertiary/aromatic N) is 3. The van der Waals surface area contributed by atoms with E-state index in [1.807, 2.05) is 37.3 Å². The van der Waals surface area contributed by atoms with Crippen LogP contribution in [0.5, 0.6) is 5.75 Å². The number of aromatic nitrogens is 2. The summed E-state index contributed by atoms with van der Waals surface area (Å²) in [6.45, 7) is 6.15. The van der Waals surface area contributed by atoms with Crippen molar-refractivity contribution in [1.82, 2.24) is 10.2 Å². The highest BCUT2D eigenvalue weighted by Gasteiger charge is 2.48. The number of aliphatic hydroxyl groups is 1. The third kappa shape index (κ3) is 5.32. The number of anilines is 1. The molecule has 7 nitrogen and oxygen atoms in total. The van der Waals surface area contributed by atoms with Crippen LogP contribution in [0.3, 0.4) is 0 Å². The number of halogens is 1. The summed E-state index contributed by atoms with van der Waals surface area (Å²) in [5.74, 6) is -0.530. The standard InChI is InChI=1S/C32H28FN3O4S2/c1-17(2)20-6-8-21(9-7-20)27-26(28(37)22-10-13-25-23(15-22)14-18(3)40-25)29(38)30(39)36(27)31-34-35-32(42-31)41-16-19-4-11-24(33)12-5-19/h4-13,15,17-18,27,37H,14,16H2,1-3H3/b28-26+/t18-,27-/m0/s1. The summed E-state index contributed by atoms with van der Waals surface area (Å²) in [7, 11) is 0. The van der Waals surface area contributed by atoms with Crippen molar-refractivity contribution in [3.05, 3.63) is 106 Å². The maximum Gasteiger partial charge on any atom is 0.301 e. The van der Waals surface area contributed by atoms with Gasteiger partial charge in [0, 0.05) is 17.7 Å². The fourth-order valence-electron chi connectivity index (χ4n) is 5.22. The zero-order valence-corrected chi connectivity index (χ0v) is 24.8. The Hall–Kier alpha value is -4.02. The lowest BCUT2D eigenvalue weighted by atomic mass is 9.93. The Morgan fingerprint density at radius 1 is 1.10 bits per heavy atom. The number of carbonyl (C=O) groups excluding carboxylic acids is 2. The SMILES string of the molecule is CC(C)c1ccc([C@H]2/C(=C(\O)c3ccc4c(c3)C[C@H](C)O4)C(=O)C(=O)N2c2nnc(SCc3ccc(F)cc3)s2)cc1. The number of fused-ring (bicyclic) bond motifs is 1. The lowest BCUT2D eigenvalue weighted by Crippen LogP contribution is -2.29. The number of benzene rings is 3. The quantitative estimate of drug-likeness (QED) is 0.0798. The normalized spacial score (nSPS) is 19.4. The van der Waals surface area contributed by atoms with Crippen molar-refractivity contribution in [1.29, 1.82) is 0 Å². The lowest BCUT2D eigenvalue weighted by molar-refractivity contribution is -0.132. The van der Waals surface area contributed by atoms with Gasteiger partial charge in [0.1, 0.15) is 23.4 Å². The van der Waals surface area contributed by atoms with E-state index >= 15 is 0 Å². The van der Waals surface area contributed by atoms with Gasteiger partial charge in [-0.15, -0.1) is 10.2 Å². The molecule has 42 heavy (non-hydrogen) atoms. The van der Waals surface area contributed by atoms with Crippen LogP contribution in [-0.4, -0.2) is 33.1 Å². The number of ether oxygens (including phenoxy) is 1. The van der Waals surface area contributed by atoms with Gasteiger partial charge in [-0.1, -0.05) is 73.3 Å². The largest absolute Gasteiger partial charge is 0.507 e. The number of carbonyl (C=O) groups is 2. The Morgan fingerprint density at radius 3 is 2.55 bits per heavy atom. The minimum Gasteiger partial charge on any atom is -0.507 e. The van der Waals surface area contributed by atoms with Crippen LogP contribution < -0.4 is 9.64 Å². The number of ketones is 1. The van der Waals surface area contributed by atoms with E-state index in [2.05, 4.69) is 24.0 Å². The van der Waals surface area contributed by atoms with Crippen LogP contribution in [-0.2, 0) is 21.8 Å². The smallest absolute Gasteiger partial charge is 0.301 e. The number of hydrogen-bond donors (Lipinski definition) is 1. The molecule has 214 valence electrons. The van der Waals surface area contributed by atoms with Gasteiger partial charge in [-0.3, -0.25) is 14.5 Å². The predicted molar refractivity (Wildman–Crippen MR) is 161 cm³/mol. The zero-order valence-electron chi connectivity index (χ0n) is 23.2. The van der Waals surface area contributed by atoms with Gasteiger partial charge in [-0.2, -0.15) is 0 Å². The van der Waals surface area contributed by atoms with Crippen LogP contribution in [0.1, 0.15) is 60.5 Å². The Labute approximate surface area is 251 Å². The van der Waals surface area contributed by atoms with Gasteiger partial charge >= 0.3 is 5.91 Å². The van der Waals surface area contributed by atoms with E-state index in [9.17, 15) is 19.1 Å². The summed E-state index contributed by atoms with van der Waals surface area (Å²) < 4.78 is 19.7. The molecular formula is C32H28FN3O4S2. The molecule has 1 amide bonds. The van der Waals surface area contributed by atoms with Crippen molar-refractivity contribution in [2.24, 2.45) is 0 Å². The first-order chi connectivity index (χ1) is 20.2. The van der Waals surface area contributed by atoms with Gasteiger partial charge in [-0.05, 0) is 65.4 Å². The first-order valence-corrected chi connectivity index (χ1v) is 15.4. The monoisotopic (exact) mass is 601 g/mol. The van der Waals surface area contributed by atoms with Gasteiger partial charge in [0.2, 0.25) is 5.13 Å². The van der Waals surface area contributed by atoms with Gasteiger partial charge in [0.25, 0.3) is 5.78 Å². The average Bonchev–Trinajstić information content (AvgIpc) is 3.67. The summed E-state index contributed by atoms with van der Waals surface area (Å²) in [5.41, 5.74) is 4.08. The van der Waals surface area contributed by atoms with Crippen LogP contribution in [0.2, 0.25) is 0 Å². The first kappa shape index (κ1) is 28.1. The molecule has 0 spiro atoms. The van der Waals surface area contributed by atoms with E-state index in [1.54, 1.807) is 24.3 Å². The van der Waals surface area contributed by atoms with Crippen molar-refractivity contribution in [3.8, 4) is 5.75 Å². The van der Waals surface area contributed by atoms with Crippen LogP contribution in [0, 0.1) is 5.82 Å². The molecular weight excluding hydrogens is 574 g/mol. The molecule has 2 aliphatic heterocycles. The zero-order chi connectivity index (χ0) is 29.5. The molecule has 1 aromatic heterocycles. The number of Topliss-reactive ketones (excluding diaryl/α,β-unsaturated/α-hetero) is 1. The van der Waals surface area contributed by atoms with Crippen molar-refractivity contribution in [2.45, 2.75) is 55.3 Å². The van der Waals surface area contributed by atoms with Gasteiger partial charge in [0.05, 0.1) is 11.6 Å². The van der Waals surface area contributed by atoms with Crippen molar-refractivity contribution in [3.63, 3.8) is 0 Å². The van der Waals surface area contributed by atoms with Crippen LogP contribution in [0.25, 0.3) is 5.76 Å². The molecule has 0 radical (unpaired) electrons. The third-order valence-corrected chi connectivity index (χ3v) is 9.54. The summed E-state index contributed by atoms with van der Waals surface area (Å²) >= 11 is 2.59. The second kappa shape index (κ2) is 11.3. The number of rotatable bonds is 7. The second-order valence-corrected chi connectivity index (χ2v) is 12.9. The number of amides is 1. The summed E-state index contributed by atoms with van der Waals surface area (Å²) in [5, 5.41) is 20.3. The molecule has 1 fully saturated rings. The van der Waals surface area contributed by atoms with Crippen LogP contribution in [0.4, 0.5) is 9.52 Å². The highest BCUT2D eigenvalue weighted by molar-refractivity contribution is 8.00. The molecule has 0 saturated carbocycles. The molecule has 4 aromatic rings. The molecule has 1 N–H and O–H groups in total. The molecule has 2 atom stereocenters. The summed E-state index contributed by atoms with van der Waals surface area (Å²) in [6.07, 6.45) is 0.712. The van der Waals surface area contributed by atoms with Crippen molar-refractivity contribution in [2.75, 3.05) is 4.90 Å². The van der Waals surface area contributed by atoms with E-state index in [-0.39, 0.29) is 28.4 Å². The summed E-state index contributed by atoms with van der Waals surface area (Å²) in [6, 6.07) is 18.3. The van der Waals surface area contributed by atoms with Crippen LogP contribution in [0.15, 0.2) is 76.6 Å². The molecule has 0 aliphatic carbocycles. The molecule has 6 rings (SSSR count). The fourth-order valence-corrected chi connectivity index (χ4v) is 7.04. The highest BCUT2D eigenvalue weighted by Crippen LogP contribution is 2.45. The predicted octanol–water partition coefficient (Wildman–Crippen LogP) is 7.04. The third-order valence-electron chi connectivity index (χ3n) is 7.41. The first-order valence-electron chi connectivity index (χ1n) is 13.6. The van der Waals surface area contributed by atoms with Crippen LogP contribution >= 0.6 is 23.1 Å². The Bertz CT molecular complexity index is 1700. The number of thioether (sulfide) groups is 1. The summed E-state index contributed by atoms with van der Waals surface area (Å²) in [4.78, 5) is 28.5. The van der Waals surface area contributed by atoms with E-state index in [1.165, 1.54) is 40.1 Å². The maximum atomic E-state index is 13.6.